The predicted octanol–water partition coefficient (Wildman–Crippen LogP) is 10.3. The first-order valence-corrected chi connectivity index (χ1v) is 18.2. The molecule has 0 bridgehead atoms. The van der Waals surface area contributed by atoms with E-state index in [1.54, 1.807) is 24.4 Å². The maximum absolute atomic E-state index is 13.3. The minimum atomic E-state index is 0. The summed E-state index contributed by atoms with van der Waals surface area (Å²) in [6.45, 7) is 10.8. The molecule has 6 rings (SSSR count). The maximum Gasteiger partial charge on any atom is 0.246 e. The minimum Gasteiger partial charge on any atom is -0.493 e. The summed E-state index contributed by atoms with van der Waals surface area (Å²) in [4.78, 5) is 22.0. The third-order valence-corrected chi connectivity index (χ3v) is 9.74. The SMILES string of the molecule is Br.C/C(=C/C(=O)N1CCN(Cc2ccc(CCOc3ccc(C)cc3)cc2)CC1)c1cc(C)c(Oc2ccc(OCc3ccccc3Cl)cn2)c(Cl)c1. The van der Waals surface area contributed by atoms with Crippen molar-refractivity contribution in [1.29, 1.82) is 0 Å². The number of carbonyl (C=O) groups excluding carboxylic acids is 1. The Hall–Kier alpha value is -4.34. The van der Waals surface area contributed by atoms with Crippen molar-refractivity contribution >= 4 is 51.7 Å². The largest absolute Gasteiger partial charge is 0.493 e. The summed E-state index contributed by atoms with van der Waals surface area (Å²) in [7, 11) is 0. The summed E-state index contributed by atoms with van der Waals surface area (Å²) in [5.74, 6) is 2.41. The molecular formula is C43H44BrCl2N3O4. The number of pyridine rings is 1. The van der Waals surface area contributed by atoms with Crippen molar-refractivity contribution in [3.63, 3.8) is 0 Å². The average Bonchev–Trinajstić information content (AvgIpc) is 3.15. The van der Waals surface area contributed by atoms with Gasteiger partial charge in [-0.05, 0) is 85.0 Å². The number of allylic oxidation sites excluding steroid dienone is 1. The van der Waals surface area contributed by atoms with Crippen molar-refractivity contribution in [1.82, 2.24) is 14.8 Å². The van der Waals surface area contributed by atoms with Gasteiger partial charge in [-0.2, -0.15) is 0 Å². The van der Waals surface area contributed by atoms with Crippen molar-refractivity contribution in [2.24, 2.45) is 0 Å². The van der Waals surface area contributed by atoms with E-state index in [2.05, 4.69) is 53.2 Å². The molecular weight excluding hydrogens is 773 g/mol. The van der Waals surface area contributed by atoms with E-state index >= 15 is 0 Å². The molecule has 53 heavy (non-hydrogen) atoms. The fourth-order valence-electron chi connectivity index (χ4n) is 5.96. The third kappa shape index (κ3) is 11.3. The third-order valence-electron chi connectivity index (χ3n) is 9.09. The Morgan fingerprint density at radius 2 is 1.51 bits per heavy atom. The number of nitrogens with zero attached hydrogens (tertiary/aromatic N) is 3. The van der Waals surface area contributed by atoms with E-state index < -0.39 is 0 Å². The number of rotatable bonds is 13. The molecule has 4 aromatic carbocycles. The lowest BCUT2D eigenvalue weighted by molar-refractivity contribution is -0.127. The molecule has 1 aliphatic rings. The van der Waals surface area contributed by atoms with E-state index in [9.17, 15) is 4.79 Å². The van der Waals surface area contributed by atoms with Gasteiger partial charge in [0.15, 0.2) is 5.75 Å². The fourth-order valence-corrected chi connectivity index (χ4v) is 6.45. The monoisotopic (exact) mass is 815 g/mol. The van der Waals surface area contributed by atoms with Gasteiger partial charge in [0.2, 0.25) is 11.8 Å². The minimum absolute atomic E-state index is 0. The van der Waals surface area contributed by atoms with E-state index in [1.165, 1.54) is 16.7 Å². The number of carbonyl (C=O) groups is 1. The normalized spacial score (nSPS) is 13.3. The Balaban J connectivity index is 0.00000541. The van der Waals surface area contributed by atoms with Crippen molar-refractivity contribution in [2.75, 3.05) is 32.8 Å². The number of halogens is 3. The van der Waals surface area contributed by atoms with Crippen LogP contribution in [0.15, 0.2) is 109 Å². The topological polar surface area (TPSA) is 64.1 Å². The highest BCUT2D eigenvalue weighted by Crippen LogP contribution is 2.35. The molecule has 1 amide bonds. The summed E-state index contributed by atoms with van der Waals surface area (Å²) in [6.07, 6.45) is 4.16. The number of benzene rings is 4. The maximum atomic E-state index is 13.3. The Morgan fingerprint density at radius 3 is 2.19 bits per heavy atom. The molecule has 276 valence electrons. The second kappa shape index (κ2) is 19.1. The highest BCUT2D eigenvalue weighted by atomic mass is 79.9. The molecule has 1 fully saturated rings. The second-order valence-electron chi connectivity index (χ2n) is 13.1. The Labute approximate surface area is 332 Å². The van der Waals surface area contributed by atoms with Crippen LogP contribution < -0.4 is 14.2 Å². The summed E-state index contributed by atoms with van der Waals surface area (Å²) in [5, 5.41) is 1.09. The van der Waals surface area contributed by atoms with E-state index in [0.717, 1.165) is 54.1 Å². The van der Waals surface area contributed by atoms with Crippen molar-refractivity contribution < 1.29 is 19.0 Å². The summed E-state index contributed by atoms with van der Waals surface area (Å²) in [6, 6.07) is 31.8. The molecule has 0 N–H and O–H groups in total. The smallest absolute Gasteiger partial charge is 0.246 e. The molecule has 2 heterocycles. The van der Waals surface area contributed by atoms with Crippen LogP contribution in [-0.4, -0.2) is 53.5 Å². The van der Waals surface area contributed by atoms with Crippen LogP contribution in [-0.2, 0) is 24.4 Å². The van der Waals surface area contributed by atoms with Crippen molar-refractivity contribution in [3.8, 4) is 23.1 Å². The van der Waals surface area contributed by atoms with Gasteiger partial charge in [-0.3, -0.25) is 9.69 Å². The zero-order valence-corrected chi connectivity index (χ0v) is 33.4. The molecule has 1 saturated heterocycles. The Morgan fingerprint density at radius 1 is 0.811 bits per heavy atom. The number of aromatic nitrogens is 1. The lowest BCUT2D eigenvalue weighted by atomic mass is 10.0. The van der Waals surface area contributed by atoms with Crippen LogP contribution in [0.3, 0.4) is 0 Å². The number of hydrogen-bond donors (Lipinski definition) is 0. The summed E-state index contributed by atoms with van der Waals surface area (Å²) in [5.41, 5.74) is 7.18. The van der Waals surface area contributed by atoms with Crippen LogP contribution in [0, 0.1) is 13.8 Å². The molecule has 1 aromatic heterocycles. The Bertz CT molecular complexity index is 1970. The first-order chi connectivity index (χ1) is 25.2. The van der Waals surface area contributed by atoms with E-state index in [1.807, 2.05) is 67.3 Å². The van der Waals surface area contributed by atoms with Gasteiger partial charge in [0, 0.05) is 61.9 Å². The molecule has 10 heteroatoms. The highest BCUT2D eigenvalue weighted by molar-refractivity contribution is 8.93. The van der Waals surface area contributed by atoms with Crippen LogP contribution in [0.5, 0.6) is 23.1 Å². The van der Waals surface area contributed by atoms with Crippen LogP contribution in [0.4, 0.5) is 0 Å². The second-order valence-corrected chi connectivity index (χ2v) is 13.9. The van der Waals surface area contributed by atoms with E-state index in [-0.39, 0.29) is 22.9 Å². The van der Waals surface area contributed by atoms with Gasteiger partial charge in [0.1, 0.15) is 18.1 Å². The molecule has 0 aliphatic carbocycles. The van der Waals surface area contributed by atoms with E-state index in [0.29, 0.717) is 53.7 Å². The van der Waals surface area contributed by atoms with E-state index in [4.69, 9.17) is 37.4 Å². The Kier molecular flexibility index (Phi) is 14.4. The van der Waals surface area contributed by atoms with Crippen molar-refractivity contribution in [3.05, 3.63) is 153 Å². The number of ether oxygens (including phenoxy) is 3. The van der Waals surface area contributed by atoms with Crippen LogP contribution in [0.2, 0.25) is 10.0 Å². The van der Waals surface area contributed by atoms with Gasteiger partial charge in [-0.1, -0.05) is 83.4 Å². The van der Waals surface area contributed by atoms with Gasteiger partial charge >= 0.3 is 0 Å². The number of aryl methyl sites for hydroxylation is 2. The van der Waals surface area contributed by atoms with Crippen molar-refractivity contribution in [2.45, 2.75) is 40.3 Å². The number of piperazine rings is 1. The standard InChI is InChI=1S/C43H43Cl2N3O4.BrH/c1-30-8-14-37(15-9-30)50-23-18-33-10-12-34(13-11-33)28-47-19-21-48(22-20-47)42(49)25-31(2)36-24-32(3)43(40(45)26-36)52-41-17-16-38(27-46-41)51-29-35-6-4-5-7-39(35)44;/h4-17,24-27H,18-23,28-29H2,1-3H3;1H/b31-25-;. The average molecular weight is 818 g/mol. The van der Waals surface area contributed by atoms with Gasteiger partial charge in [0.05, 0.1) is 17.8 Å². The molecule has 0 radical (unpaired) electrons. The lowest BCUT2D eigenvalue weighted by Crippen LogP contribution is -2.47. The first kappa shape index (κ1) is 39.9. The van der Waals surface area contributed by atoms with Gasteiger partial charge in [-0.25, -0.2) is 4.98 Å². The quantitative estimate of drug-likeness (QED) is 0.110. The van der Waals surface area contributed by atoms with Crippen LogP contribution in [0.25, 0.3) is 5.57 Å². The van der Waals surface area contributed by atoms with Crippen LogP contribution >= 0.6 is 40.2 Å². The fraction of sp³-hybridized carbons (Fsp3) is 0.256. The molecule has 7 nitrogen and oxygen atoms in total. The molecule has 1 aliphatic heterocycles. The molecule has 0 atom stereocenters. The van der Waals surface area contributed by atoms with Crippen LogP contribution in [0.1, 0.15) is 40.3 Å². The zero-order valence-electron chi connectivity index (χ0n) is 30.2. The zero-order chi connectivity index (χ0) is 36.5. The highest BCUT2D eigenvalue weighted by Gasteiger charge is 2.21. The van der Waals surface area contributed by atoms with Gasteiger partial charge < -0.3 is 19.1 Å². The molecule has 0 saturated carbocycles. The number of amides is 1. The molecule has 5 aromatic rings. The van der Waals surface area contributed by atoms with Gasteiger partial charge in [-0.15, -0.1) is 17.0 Å². The summed E-state index contributed by atoms with van der Waals surface area (Å²) >= 11 is 12.9. The molecule has 0 unspecified atom stereocenters. The molecule has 0 spiro atoms. The van der Waals surface area contributed by atoms with Gasteiger partial charge in [0.25, 0.3) is 0 Å². The summed E-state index contributed by atoms with van der Waals surface area (Å²) < 4.78 is 17.8. The number of hydrogen-bond acceptors (Lipinski definition) is 6. The first-order valence-electron chi connectivity index (χ1n) is 17.5. The predicted molar refractivity (Wildman–Crippen MR) is 219 cm³/mol. The lowest BCUT2D eigenvalue weighted by Gasteiger charge is -2.34.